The van der Waals surface area contributed by atoms with Gasteiger partial charge in [-0.2, -0.15) is 0 Å². The Morgan fingerprint density at radius 2 is 2.05 bits per heavy atom. The van der Waals surface area contributed by atoms with E-state index in [1.165, 1.54) is 18.3 Å². The number of nitrogens with two attached hydrogens (primary N) is 1. The molecule has 1 heterocycles. The number of aromatic nitrogens is 1. The Morgan fingerprint density at radius 3 is 2.68 bits per heavy atom. The molecule has 2 rings (SSSR count). The summed E-state index contributed by atoms with van der Waals surface area (Å²) in [6.07, 6.45) is 1.50. The fourth-order valence-electron chi connectivity index (χ4n) is 1.41. The van der Waals surface area contributed by atoms with Crippen molar-refractivity contribution in [3.63, 3.8) is 0 Å². The van der Waals surface area contributed by atoms with Crippen molar-refractivity contribution in [3.8, 4) is 0 Å². The zero-order valence-electron chi connectivity index (χ0n) is 9.47. The molecule has 0 saturated heterocycles. The van der Waals surface area contributed by atoms with Crippen LogP contribution < -0.4 is 10.5 Å². The van der Waals surface area contributed by atoms with Crippen LogP contribution in [0.4, 0.5) is 15.8 Å². The number of anilines is 2. The summed E-state index contributed by atoms with van der Waals surface area (Å²) in [4.78, 5) is 3.63. The molecule has 3 N–H and O–H groups in total. The molecular weight excluding hydrogens is 337 g/mol. The van der Waals surface area contributed by atoms with Crippen molar-refractivity contribution in [1.82, 2.24) is 4.98 Å². The van der Waals surface area contributed by atoms with Crippen molar-refractivity contribution in [1.29, 1.82) is 0 Å². The molecule has 8 heteroatoms. The molecular formula is C11H9BrFN3O2S. The second-order valence-electron chi connectivity index (χ2n) is 3.67. The van der Waals surface area contributed by atoms with Gasteiger partial charge in [0.1, 0.15) is 10.4 Å². The average Bonchev–Trinajstić information content (AvgIpc) is 2.31. The lowest BCUT2D eigenvalue weighted by molar-refractivity contribution is 0.595. The molecule has 1 aromatic heterocycles. The SMILES string of the molecule is Nc1cc(F)cc(S(=O)(=O)Nc2cccnc2Br)c1. The molecule has 0 aliphatic carbocycles. The summed E-state index contributed by atoms with van der Waals surface area (Å²) in [6, 6.07) is 6.21. The van der Waals surface area contributed by atoms with E-state index in [9.17, 15) is 12.8 Å². The van der Waals surface area contributed by atoms with Crippen LogP contribution in [-0.2, 0) is 10.0 Å². The number of hydrogen-bond acceptors (Lipinski definition) is 4. The minimum Gasteiger partial charge on any atom is -0.399 e. The van der Waals surface area contributed by atoms with Gasteiger partial charge in [-0.1, -0.05) is 0 Å². The molecule has 2 aromatic rings. The minimum atomic E-state index is -3.92. The van der Waals surface area contributed by atoms with E-state index >= 15 is 0 Å². The summed E-state index contributed by atoms with van der Waals surface area (Å²) in [5.41, 5.74) is 5.71. The van der Waals surface area contributed by atoms with Crippen molar-refractivity contribution in [2.24, 2.45) is 0 Å². The summed E-state index contributed by atoms with van der Waals surface area (Å²) >= 11 is 3.11. The lowest BCUT2D eigenvalue weighted by atomic mass is 10.3. The number of nitrogen functional groups attached to an aromatic ring is 1. The Bertz CT molecular complexity index is 701. The molecule has 100 valence electrons. The Kier molecular flexibility index (Phi) is 3.72. The van der Waals surface area contributed by atoms with Crippen LogP contribution in [0.3, 0.4) is 0 Å². The maximum atomic E-state index is 13.2. The molecule has 5 nitrogen and oxygen atoms in total. The van der Waals surface area contributed by atoms with E-state index in [0.29, 0.717) is 4.60 Å². The van der Waals surface area contributed by atoms with Gasteiger partial charge in [0.2, 0.25) is 0 Å². The first-order valence-corrected chi connectivity index (χ1v) is 7.35. The largest absolute Gasteiger partial charge is 0.399 e. The number of rotatable bonds is 3. The Morgan fingerprint density at radius 1 is 1.32 bits per heavy atom. The van der Waals surface area contributed by atoms with Gasteiger partial charge in [-0.3, -0.25) is 4.72 Å². The van der Waals surface area contributed by atoms with E-state index in [-0.39, 0.29) is 16.3 Å². The Balaban J connectivity index is 2.41. The molecule has 1 aromatic carbocycles. The summed E-state index contributed by atoms with van der Waals surface area (Å²) in [7, 11) is -3.92. The van der Waals surface area contributed by atoms with Gasteiger partial charge >= 0.3 is 0 Å². The van der Waals surface area contributed by atoms with E-state index < -0.39 is 15.8 Å². The van der Waals surface area contributed by atoms with Crippen molar-refractivity contribution in [2.45, 2.75) is 4.90 Å². The first-order valence-electron chi connectivity index (χ1n) is 5.08. The van der Waals surface area contributed by atoms with Crippen LogP contribution >= 0.6 is 15.9 Å². The second-order valence-corrected chi connectivity index (χ2v) is 6.10. The van der Waals surface area contributed by atoms with Gasteiger partial charge in [0, 0.05) is 11.9 Å². The molecule has 0 atom stereocenters. The van der Waals surface area contributed by atoms with Gasteiger partial charge in [-0.05, 0) is 46.3 Å². The highest BCUT2D eigenvalue weighted by atomic mass is 79.9. The lowest BCUT2D eigenvalue weighted by Gasteiger charge is -2.09. The number of pyridine rings is 1. The van der Waals surface area contributed by atoms with Crippen LogP contribution in [0.25, 0.3) is 0 Å². The molecule has 0 bridgehead atoms. The van der Waals surface area contributed by atoms with Crippen LogP contribution in [0.15, 0.2) is 46.0 Å². The van der Waals surface area contributed by atoms with Gasteiger partial charge in [-0.15, -0.1) is 0 Å². The molecule has 0 saturated carbocycles. The monoisotopic (exact) mass is 345 g/mol. The normalized spacial score (nSPS) is 11.3. The van der Waals surface area contributed by atoms with Crippen LogP contribution in [0.5, 0.6) is 0 Å². The van der Waals surface area contributed by atoms with E-state index in [4.69, 9.17) is 5.73 Å². The zero-order valence-corrected chi connectivity index (χ0v) is 11.9. The topological polar surface area (TPSA) is 85.1 Å². The highest BCUT2D eigenvalue weighted by molar-refractivity contribution is 9.10. The number of halogens is 2. The third-order valence-electron chi connectivity index (χ3n) is 2.21. The van der Waals surface area contributed by atoms with E-state index in [1.54, 1.807) is 6.07 Å². The maximum Gasteiger partial charge on any atom is 0.262 e. The molecule has 0 fully saturated rings. The van der Waals surface area contributed by atoms with Crippen LogP contribution in [0, 0.1) is 5.82 Å². The minimum absolute atomic E-state index is 0.0330. The smallest absolute Gasteiger partial charge is 0.262 e. The first-order chi connectivity index (χ1) is 8.88. The first kappa shape index (κ1) is 13.8. The zero-order chi connectivity index (χ0) is 14.0. The van der Waals surface area contributed by atoms with Gasteiger partial charge in [0.05, 0.1) is 10.6 Å². The van der Waals surface area contributed by atoms with E-state index in [2.05, 4.69) is 25.6 Å². The lowest BCUT2D eigenvalue weighted by Crippen LogP contribution is -2.14. The second kappa shape index (κ2) is 5.14. The molecule has 19 heavy (non-hydrogen) atoms. The van der Waals surface area contributed by atoms with E-state index in [0.717, 1.165) is 12.1 Å². The van der Waals surface area contributed by atoms with Gasteiger partial charge in [0.25, 0.3) is 10.0 Å². The van der Waals surface area contributed by atoms with Crippen molar-refractivity contribution in [2.75, 3.05) is 10.5 Å². The van der Waals surface area contributed by atoms with E-state index in [1.807, 2.05) is 0 Å². The predicted octanol–water partition coefficient (Wildman–Crippen LogP) is 2.37. The molecule has 0 spiro atoms. The number of nitrogens with one attached hydrogen (secondary N) is 1. The third kappa shape index (κ3) is 3.21. The quantitative estimate of drug-likeness (QED) is 0.660. The third-order valence-corrected chi connectivity index (χ3v) is 4.18. The summed E-state index contributed by atoms with van der Waals surface area (Å²) in [5.74, 6) is -0.717. The fraction of sp³-hybridized carbons (Fsp3) is 0. The molecule has 0 aliphatic heterocycles. The molecule has 0 unspecified atom stereocenters. The molecule has 0 amide bonds. The fourth-order valence-corrected chi connectivity index (χ4v) is 3.02. The maximum absolute atomic E-state index is 13.2. The molecule has 0 radical (unpaired) electrons. The number of benzene rings is 1. The van der Waals surface area contributed by atoms with Crippen LogP contribution in [0.1, 0.15) is 0 Å². The highest BCUT2D eigenvalue weighted by Crippen LogP contribution is 2.23. The summed E-state index contributed by atoms with van der Waals surface area (Å²) in [6.45, 7) is 0. The number of hydrogen-bond donors (Lipinski definition) is 2. The average molecular weight is 346 g/mol. The van der Waals surface area contributed by atoms with Crippen LogP contribution in [0.2, 0.25) is 0 Å². The van der Waals surface area contributed by atoms with Gasteiger partial charge in [-0.25, -0.2) is 17.8 Å². The standard InChI is InChI=1S/C11H9BrFN3O2S/c12-11-10(2-1-3-15-11)16-19(17,18)9-5-7(13)4-8(14)6-9/h1-6,16H,14H2. The van der Waals surface area contributed by atoms with Crippen molar-refractivity contribution in [3.05, 3.63) is 46.9 Å². The highest BCUT2D eigenvalue weighted by Gasteiger charge is 2.17. The van der Waals surface area contributed by atoms with Gasteiger partial charge < -0.3 is 5.73 Å². The molecule has 0 aliphatic rings. The van der Waals surface area contributed by atoms with Crippen molar-refractivity contribution >= 4 is 37.3 Å². The van der Waals surface area contributed by atoms with Crippen LogP contribution in [-0.4, -0.2) is 13.4 Å². The predicted molar refractivity (Wildman–Crippen MR) is 73.6 cm³/mol. The van der Waals surface area contributed by atoms with Crippen molar-refractivity contribution < 1.29 is 12.8 Å². The summed E-state index contributed by atoms with van der Waals surface area (Å²) < 4.78 is 40.0. The Hall–Kier alpha value is -1.67. The summed E-state index contributed by atoms with van der Waals surface area (Å²) in [5, 5.41) is 0. The number of nitrogens with zero attached hydrogens (tertiary/aromatic N) is 1. The Labute approximate surface area is 117 Å². The van der Waals surface area contributed by atoms with Gasteiger partial charge in [0.15, 0.2) is 0 Å². The number of sulfonamides is 1.